The molecule has 122 valence electrons. The topological polar surface area (TPSA) is 17.8 Å². The molecule has 0 aliphatic carbocycles. The Morgan fingerprint density at radius 1 is 0.720 bits per heavy atom. The SMILES string of the molecule is Fc1ccc(-c2cc(-c3ccccc3)nn2-c2ccccc2)c(F)c1. The lowest BCUT2D eigenvalue weighted by Gasteiger charge is -2.08. The van der Waals surface area contributed by atoms with Gasteiger partial charge >= 0.3 is 0 Å². The number of hydrogen-bond acceptors (Lipinski definition) is 1. The lowest BCUT2D eigenvalue weighted by molar-refractivity contribution is 0.585. The van der Waals surface area contributed by atoms with E-state index in [4.69, 9.17) is 0 Å². The highest BCUT2D eigenvalue weighted by Crippen LogP contribution is 2.30. The molecule has 0 amide bonds. The van der Waals surface area contributed by atoms with Crippen LogP contribution in [0.15, 0.2) is 84.9 Å². The third-order valence-electron chi connectivity index (χ3n) is 3.99. The van der Waals surface area contributed by atoms with Crippen LogP contribution in [-0.4, -0.2) is 9.78 Å². The molecule has 4 aromatic rings. The first-order valence-corrected chi connectivity index (χ1v) is 7.89. The molecule has 0 saturated carbocycles. The van der Waals surface area contributed by atoms with Crippen LogP contribution in [0.1, 0.15) is 0 Å². The molecule has 1 heterocycles. The van der Waals surface area contributed by atoms with Crippen molar-refractivity contribution in [1.82, 2.24) is 9.78 Å². The van der Waals surface area contributed by atoms with Crippen molar-refractivity contribution in [2.45, 2.75) is 0 Å². The van der Waals surface area contributed by atoms with Crippen molar-refractivity contribution in [1.29, 1.82) is 0 Å². The lowest BCUT2D eigenvalue weighted by atomic mass is 10.1. The summed E-state index contributed by atoms with van der Waals surface area (Å²) in [6.45, 7) is 0. The van der Waals surface area contributed by atoms with Gasteiger partial charge in [0.15, 0.2) is 0 Å². The van der Waals surface area contributed by atoms with E-state index < -0.39 is 11.6 Å². The van der Waals surface area contributed by atoms with E-state index >= 15 is 0 Å². The zero-order chi connectivity index (χ0) is 17.2. The lowest BCUT2D eigenvalue weighted by Crippen LogP contribution is -2.00. The Balaban J connectivity index is 1.94. The summed E-state index contributed by atoms with van der Waals surface area (Å²) in [6.07, 6.45) is 0. The fraction of sp³-hybridized carbons (Fsp3) is 0. The highest BCUT2D eigenvalue weighted by Gasteiger charge is 2.16. The molecule has 0 fully saturated rings. The van der Waals surface area contributed by atoms with Crippen LogP contribution in [0.4, 0.5) is 8.78 Å². The minimum Gasteiger partial charge on any atom is -0.232 e. The maximum absolute atomic E-state index is 14.4. The minimum atomic E-state index is -0.614. The quantitative estimate of drug-likeness (QED) is 0.485. The van der Waals surface area contributed by atoms with Crippen molar-refractivity contribution in [3.05, 3.63) is 96.6 Å². The molecular weight excluding hydrogens is 318 g/mol. The fourth-order valence-corrected chi connectivity index (χ4v) is 2.79. The molecular formula is C21H14F2N2. The number of halogens is 2. The first kappa shape index (κ1) is 15.3. The van der Waals surface area contributed by atoms with Gasteiger partial charge in [-0.3, -0.25) is 0 Å². The van der Waals surface area contributed by atoms with Crippen molar-refractivity contribution >= 4 is 0 Å². The fourth-order valence-electron chi connectivity index (χ4n) is 2.79. The average Bonchev–Trinajstić information content (AvgIpc) is 3.08. The van der Waals surface area contributed by atoms with Gasteiger partial charge in [0.05, 0.1) is 17.1 Å². The van der Waals surface area contributed by atoms with Gasteiger partial charge in [0, 0.05) is 17.2 Å². The molecule has 3 aromatic carbocycles. The van der Waals surface area contributed by atoms with E-state index in [0.29, 0.717) is 11.3 Å². The second kappa shape index (κ2) is 6.32. The van der Waals surface area contributed by atoms with Crippen molar-refractivity contribution < 1.29 is 8.78 Å². The summed E-state index contributed by atoms with van der Waals surface area (Å²) in [5.74, 6) is -1.22. The maximum atomic E-state index is 14.4. The van der Waals surface area contributed by atoms with Crippen molar-refractivity contribution in [2.75, 3.05) is 0 Å². The summed E-state index contributed by atoms with van der Waals surface area (Å²) in [5.41, 5.74) is 3.34. The number of hydrogen-bond donors (Lipinski definition) is 0. The third-order valence-corrected chi connectivity index (χ3v) is 3.99. The third kappa shape index (κ3) is 2.94. The van der Waals surface area contributed by atoms with Crippen LogP contribution in [0.5, 0.6) is 0 Å². The number of para-hydroxylation sites is 1. The molecule has 0 aliphatic rings. The van der Waals surface area contributed by atoms with Crippen LogP contribution in [-0.2, 0) is 0 Å². The van der Waals surface area contributed by atoms with E-state index in [0.717, 1.165) is 23.0 Å². The van der Waals surface area contributed by atoms with Crippen LogP contribution >= 0.6 is 0 Å². The predicted molar refractivity (Wildman–Crippen MR) is 94.4 cm³/mol. The Morgan fingerprint density at radius 2 is 1.40 bits per heavy atom. The number of rotatable bonds is 3. The van der Waals surface area contributed by atoms with Crippen LogP contribution in [0.25, 0.3) is 28.2 Å². The Hall–Kier alpha value is -3.27. The van der Waals surface area contributed by atoms with Crippen molar-refractivity contribution in [3.63, 3.8) is 0 Å². The Bertz CT molecular complexity index is 1010. The number of benzene rings is 3. The minimum absolute atomic E-state index is 0.305. The molecule has 0 spiro atoms. The Morgan fingerprint density at radius 3 is 2.08 bits per heavy atom. The zero-order valence-corrected chi connectivity index (χ0v) is 13.2. The molecule has 0 atom stereocenters. The molecule has 0 N–H and O–H groups in total. The van der Waals surface area contributed by atoms with Gasteiger partial charge in [-0.25, -0.2) is 13.5 Å². The second-order valence-electron chi connectivity index (χ2n) is 5.65. The standard InChI is InChI=1S/C21H14F2N2/c22-16-11-12-18(19(23)13-16)21-14-20(15-7-3-1-4-8-15)24-25(21)17-9-5-2-6-10-17/h1-14H. The Labute approximate surface area is 144 Å². The van der Waals surface area contributed by atoms with Gasteiger partial charge in [0.2, 0.25) is 0 Å². The zero-order valence-electron chi connectivity index (χ0n) is 13.2. The highest BCUT2D eigenvalue weighted by atomic mass is 19.1. The van der Waals surface area contributed by atoms with E-state index in [1.54, 1.807) is 4.68 Å². The molecule has 2 nitrogen and oxygen atoms in total. The molecule has 4 rings (SSSR count). The summed E-state index contributed by atoms with van der Waals surface area (Å²) >= 11 is 0. The largest absolute Gasteiger partial charge is 0.232 e. The van der Waals surface area contributed by atoms with Gasteiger partial charge in [0.1, 0.15) is 11.6 Å². The highest BCUT2D eigenvalue weighted by molar-refractivity contribution is 5.70. The van der Waals surface area contributed by atoms with Crippen molar-refractivity contribution in [2.24, 2.45) is 0 Å². The van der Waals surface area contributed by atoms with E-state index in [2.05, 4.69) is 5.10 Å². The predicted octanol–water partition coefficient (Wildman–Crippen LogP) is 5.48. The monoisotopic (exact) mass is 332 g/mol. The first-order valence-electron chi connectivity index (χ1n) is 7.89. The average molecular weight is 332 g/mol. The summed E-state index contributed by atoms with van der Waals surface area (Å²) in [6, 6.07) is 24.6. The van der Waals surface area contributed by atoms with Gasteiger partial charge in [0.25, 0.3) is 0 Å². The molecule has 0 saturated heterocycles. The molecule has 0 aliphatic heterocycles. The van der Waals surface area contributed by atoms with Gasteiger partial charge in [-0.15, -0.1) is 0 Å². The second-order valence-corrected chi connectivity index (χ2v) is 5.65. The smallest absolute Gasteiger partial charge is 0.135 e. The molecule has 25 heavy (non-hydrogen) atoms. The van der Waals surface area contributed by atoms with Crippen LogP contribution < -0.4 is 0 Å². The van der Waals surface area contributed by atoms with E-state index in [1.807, 2.05) is 66.7 Å². The summed E-state index contributed by atoms with van der Waals surface area (Å²) in [7, 11) is 0. The molecule has 1 aromatic heterocycles. The number of nitrogens with zero attached hydrogens (tertiary/aromatic N) is 2. The van der Waals surface area contributed by atoms with Gasteiger partial charge in [-0.2, -0.15) is 5.10 Å². The Kier molecular flexibility index (Phi) is 3.86. The van der Waals surface area contributed by atoms with Crippen LogP contribution in [0.2, 0.25) is 0 Å². The summed E-state index contributed by atoms with van der Waals surface area (Å²) in [5, 5.41) is 4.65. The normalized spacial score (nSPS) is 10.8. The van der Waals surface area contributed by atoms with Gasteiger partial charge in [-0.05, 0) is 30.3 Å². The summed E-state index contributed by atoms with van der Waals surface area (Å²) < 4.78 is 29.3. The van der Waals surface area contributed by atoms with E-state index in [9.17, 15) is 8.78 Å². The molecule has 0 bridgehead atoms. The van der Waals surface area contributed by atoms with Crippen molar-refractivity contribution in [3.8, 4) is 28.2 Å². The molecule has 0 unspecified atom stereocenters. The molecule has 0 radical (unpaired) electrons. The van der Waals surface area contributed by atoms with Gasteiger partial charge < -0.3 is 0 Å². The van der Waals surface area contributed by atoms with Crippen LogP contribution in [0.3, 0.4) is 0 Å². The van der Waals surface area contributed by atoms with E-state index in [1.165, 1.54) is 12.1 Å². The van der Waals surface area contributed by atoms with Crippen LogP contribution in [0, 0.1) is 11.6 Å². The molecule has 4 heteroatoms. The van der Waals surface area contributed by atoms with Gasteiger partial charge in [-0.1, -0.05) is 48.5 Å². The number of aromatic nitrogens is 2. The van der Waals surface area contributed by atoms with E-state index in [-0.39, 0.29) is 0 Å². The maximum Gasteiger partial charge on any atom is 0.135 e. The summed E-state index contributed by atoms with van der Waals surface area (Å²) in [4.78, 5) is 0. The first-order chi connectivity index (χ1) is 12.2.